The predicted octanol–water partition coefficient (Wildman–Crippen LogP) is 0.740. The number of rotatable bonds is 5. The number of nitrogens with zero attached hydrogens (tertiary/aromatic N) is 1. The molecule has 1 aromatic rings. The van der Waals surface area contributed by atoms with Crippen molar-refractivity contribution in [1.29, 1.82) is 0 Å². The summed E-state index contributed by atoms with van der Waals surface area (Å²) < 4.78 is 0. The van der Waals surface area contributed by atoms with Crippen LogP contribution in [0.4, 0.5) is 0 Å². The second kappa shape index (κ2) is 5.29. The van der Waals surface area contributed by atoms with Gasteiger partial charge in [0.05, 0.1) is 12.0 Å². The van der Waals surface area contributed by atoms with Crippen LogP contribution in [0.5, 0.6) is 0 Å². The molecule has 0 aromatic carbocycles. The Morgan fingerprint density at radius 2 is 2.33 bits per heavy atom. The van der Waals surface area contributed by atoms with Gasteiger partial charge in [-0.3, -0.25) is 9.59 Å². The van der Waals surface area contributed by atoms with Crippen LogP contribution in [0, 0.1) is 0 Å². The fourth-order valence-electron chi connectivity index (χ4n) is 1.44. The van der Waals surface area contributed by atoms with Crippen LogP contribution in [0.3, 0.4) is 0 Å². The number of aryl methyl sites for hydroxylation is 1. The average molecular weight is 210 g/mol. The third kappa shape index (κ3) is 3.19. The first-order valence-electron chi connectivity index (χ1n) is 4.92. The molecule has 2 N–H and O–H groups in total. The number of hydrogen-bond acceptors (Lipinski definition) is 3. The molecule has 0 aliphatic carbocycles. The van der Waals surface area contributed by atoms with E-state index in [2.05, 4.69) is 9.97 Å². The van der Waals surface area contributed by atoms with E-state index >= 15 is 0 Å². The molecule has 0 aliphatic rings. The molecule has 0 amide bonds. The zero-order valence-corrected chi connectivity index (χ0v) is 8.62. The quantitative estimate of drug-likeness (QED) is 0.750. The molecule has 0 unspecified atom stereocenters. The second-order valence-electron chi connectivity index (χ2n) is 3.26. The van der Waals surface area contributed by atoms with Gasteiger partial charge in [0.15, 0.2) is 0 Å². The Labute approximate surface area is 87.2 Å². The van der Waals surface area contributed by atoms with Crippen molar-refractivity contribution in [2.24, 2.45) is 0 Å². The van der Waals surface area contributed by atoms with Gasteiger partial charge < -0.3 is 10.1 Å². The lowest BCUT2D eigenvalue weighted by molar-refractivity contribution is -0.137. The summed E-state index contributed by atoms with van der Waals surface area (Å²) in [6, 6.07) is 0. The Bertz CT molecular complexity index is 398. The molecular formula is C10H14N2O3. The third-order valence-electron chi connectivity index (χ3n) is 2.19. The molecule has 0 fully saturated rings. The predicted molar refractivity (Wildman–Crippen MR) is 54.8 cm³/mol. The number of carboxylic acid groups (broad SMARTS) is 1. The Hall–Kier alpha value is -1.65. The number of H-pyrrole nitrogens is 1. The molecule has 1 rings (SSSR count). The summed E-state index contributed by atoms with van der Waals surface area (Å²) in [7, 11) is 0. The van der Waals surface area contributed by atoms with E-state index in [1.54, 1.807) is 0 Å². The highest BCUT2D eigenvalue weighted by Gasteiger charge is 2.07. The van der Waals surface area contributed by atoms with Gasteiger partial charge in [0, 0.05) is 12.0 Å². The average Bonchev–Trinajstić information content (AvgIpc) is 2.20. The molecule has 0 atom stereocenters. The zero-order chi connectivity index (χ0) is 11.3. The number of aromatic amines is 1. The van der Waals surface area contributed by atoms with Gasteiger partial charge in [0.2, 0.25) is 0 Å². The van der Waals surface area contributed by atoms with Gasteiger partial charge in [-0.25, -0.2) is 4.98 Å². The first-order chi connectivity index (χ1) is 7.15. The molecule has 1 aromatic heterocycles. The number of aliphatic carboxylic acids is 1. The van der Waals surface area contributed by atoms with E-state index in [-0.39, 0.29) is 12.0 Å². The summed E-state index contributed by atoms with van der Waals surface area (Å²) in [5.41, 5.74) is 1.21. The number of carboxylic acids is 1. The van der Waals surface area contributed by atoms with Crippen LogP contribution in [0.2, 0.25) is 0 Å². The normalized spacial score (nSPS) is 10.2. The van der Waals surface area contributed by atoms with Gasteiger partial charge >= 0.3 is 5.97 Å². The smallest absolute Gasteiger partial charge is 0.303 e. The minimum Gasteiger partial charge on any atom is -0.481 e. The summed E-state index contributed by atoms with van der Waals surface area (Å²) in [6.07, 6.45) is 3.08. The molecule has 0 radical (unpaired) electrons. The van der Waals surface area contributed by atoms with E-state index < -0.39 is 5.97 Å². The van der Waals surface area contributed by atoms with Crippen molar-refractivity contribution >= 4 is 5.97 Å². The summed E-state index contributed by atoms with van der Waals surface area (Å²) in [4.78, 5) is 28.3. The second-order valence-corrected chi connectivity index (χ2v) is 3.26. The van der Waals surface area contributed by atoms with Crippen LogP contribution >= 0.6 is 0 Å². The summed E-state index contributed by atoms with van der Waals surface area (Å²) in [5.74, 6) is -0.839. The van der Waals surface area contributed by atoms with Gasteiger partial charge in [0.25, 0.3) is 5.56 Å². The highest BCUT2D eigenvalue weighted by Crippen LogP contribution is 2.05. The molecule has 0 saturated heterocycles. The van der Waals surface area contributed by atoms with Crippen LogP contribution in [-0.2, 0) is 17.6 Å². The number of nitrogens with one attached hydrogen (secondary N) is 1. The van der Waals surface area contributed by atoms with Crippen molar-refractivity contribution in [1.82, 2.24) is 9.97 Å². The van der Waals surface area contributed by atoms with E-state index in [1.807, 2.05) is 6.92 Å². The fourth-order valence-corrected chi connectivity index (χ4v) is 1.44. The number of hydrogen-bond donors (Lipinski definition) is 2. The monoisotopic (exact) mass is 210 g/mol. The van der Waals surface area contributed by atoms with Crippen LogP contribution in [-0.4, -0.2) is 21.0 Å². The molecule has 0 spiro atoms. The van der Waals surface area contributed by atoms with Crippen molar-refractivity contribution in [2.75, 3.05) is 0 Å². The Morgan fingerprint density at radius 3 is 2.93 bits per heavy atom. The molecule has 15 heavy (non-hydrogen) atoms. The van der Waals surface area contributed by atoms with E-state index in [9.17, 15) is 9.59 Å². The largest absolute Gasteiger partial charge is 0.481 e. The van der Waals surface area contributed by atoms with Crippen LogP contribution in [0.15, 0.2) is 11.1 Å². The van der Waals surface area contributed by atoms with Gasteiger partial charge in [0.1, 0.15) is 0 Å². The molecule has 5 nitrogen and oxygen atoms in total. The molecule has 0 bridgehead atoms. The maximum Gasteiger partial charge on any atom is 0.303 e. The fraction of sp³-hybridized carbons (Fsp3) is 0.500. The van der Waals surface area contributed by atoms with Gasteiger partial charge in [-0.1, -0.05) is 6.92 Å². The van der Waals surface area contributed by atoms with Crippen LogP contribution in [0.25, 0.3) is 0 Å². The van der Waals surface area contributed by atoms with Crippen molar-refractivity contribution in [3.05, 3.63) is 27.9 Å². The molecule has 5 heteroatoms. The topological polar surface area (TPSA) is 83.0 Å². The first kappa shape index (κ1) is 11.4. The summed E-state index contributed by atoms with van der Waals surface area (Å²) in [6.45, 7) is 1.92. The van der Waals surface area contributed by atoms with Gasteiger partial charge in [-0.2, -0.15) is 0 Å². The van der Waals surface area contributed by atoms with Crippen LogP contribution in [0.1, 0.15) is 31.0 Å². The van der Waals surface area contributed by atoms with Crippen molar-refractivity contribution in [3.63, 3.8) is 0 Å². The van der Waals surface area contributed by atoms with E-state index in [1.165, 1.54) is 6.33 Å². The minimum atomic E-state index is -0.839. The maximum atomic E-state index is 11.4. The van der Waals surface area contributed by atoms with Crippen molar-refractivity contribution in [3.8, 4) is 0 Å². The molecule has 0 saturated carbocycles. The highest BCUT2D eigenvalue weighted by molar-refractivity contribution is 5.66. The van der Waals surface area contributed by atoms with E-state index in [0.717, 1.165) is 5.69 Å². The summed E-state index contributed by atoms with van der Waals surface area (Å²) in [5, 5.41) is 8.49. The lowest BCUT2D eigenvalue weighted by atomic mass is 10.1. The molecule has 82 valence electrons. The maximum absolute atomic E-state index is 11.4. The Morgan fingerprint density at radius 1 is 1.60 bits per heavy atom. The van der Waals surface area contributed by atoms with Crippen LogP contribution < -0.4 is 5.56 Å². The zero-order valence-electron chi connectivity index (χ0n) is 8.62. The Balaban J connectivity index is 2.74. The molecular weight excluding hydrogens is 196 g/mol. The Kier molecular flexibility index (Phi) is 4.03. The molecule has 1 heterocycles. The van der Waals surface area contributed by atoms with E-state index in [4.69, 9.17) is 5.11 Å². The van der Waals surface area contributed by atoms with Crippen molar-refractivity contribution < 1.29 is 9.90 Å². The standard InChI is InChI=1S/C10H14N2O3/c1-2-8-7(4-3-5-9(13)14)10(15)12-6-11-8/h6H,2-5H2,1H3,(H,13,14)(H,11,12,15). The van der Waals surface area contributed by atoms with E-state index in [0.29, 0.717) is 24.8 Å². The SMILES string of the molecule is CCc1nc[nH]c(=O)c1CCCC(=O)O. The highest BCUT2D eigenvalue weighted by atomic mass is 16.4. The van der Waals surface area contributed by atoms with Gasteiger partial charge in [-0.05, 0) is 19.3 Å². The van der Waals surface area contributed by atoms with Gasteiger partial charge in [-0.15, -0.1) is 0 Å². The first-order valence-corrected chi connectivity index (χ1v) is 4.92. The lowest BCUT2D eigenvalue weighted by Crippen LogP contribution is -2.16. The summed E-state index contributed by atoms with van der Waals surface area (Å²) >= 11 is 0. The lowest BCUT2D eigenvalue weighted by Gasteiger charge is -2.03. The minimum absolute atomic E-state index is 0.0808. The molecule has 0 aliphatic heterocycles. The number of aromatic nitrogens is 2. The van der Waals surface area contributed by atoms with Crippen molar-refractivity contribution in [2.45, 2.75) is 32.6 Å². The number of carbonyl (C=O) groups is 1. The third-order valence-corrected chi connectivity index (χ3v) is 2.19.